The van der Waals surface area contributed by atoms with Crippen molar-refractivity contribution in [3.63, 3.8) is 0 Å². The second-order valence-electron chi connectivity index (χ2n) is 9.18. The third-order valence-electron chi connectivity index (χ3n) is 6.73. The van der Waals surface area contributed by atoms with Crippen LogP contribution in [-0.4, -0.2) is 73.1 Å². The zero-order valence-electron chi connectivity index (χ0n) is 21.0. The SMILES string of the molecule is C=C(N=C(/C=C(\N)c1ccc(F)c(C)c1)N1CCN(c2ncccc2Cl)CC1)N1CCC[C@H]1COC. The summed E-state index contributed by atoms with van der Waals surface area (Å²) in [6.45, 7) is 10.5. The largest absolute Gasteiger partial charge is 0.398 e. The molecule has 3 heterocycles. The second-order valence-corrected chi connectivity index (χ2v) is 9.58. The first-order valence-electron chi connectivity index (χ1n) is 12.2. The van der Waals surface area contributed by atoms with E-state index >= 15 is 0 Å². The zero-order chi connectivity index (χ0) is 25.7. The van der Waals surface area contributed by atoms with Crippen molar-refractivity contribution in [1.29, 1.82) is 0 Å². The van der Waals surface area contributed by atoms with Crippen LogP contribution < -0.4 is 10.6 Å². The lowest BCUT2D eigenvalue weighted by molar-refractivity contribution is 0.132. The molecule has 0 spiro atoms. The number of aryl methyl sites for hydroxylation is 1. The van der Waals surface area contributed by atoms with E-state index in [1.165, 1.54) is 6.07 Å². The lowest BCUT2D eigenvalue weighted by Gasteiger charge is -2.37. The number of aliphatic imine (C=N–C) groups is 1. The van der Waals surface area contributed by atoms with Crippen LogP contribution in [0.25, 0.3) is 5.70 Å². The minimum absolute atomic E-state index is 0.253. The van der Waals surface area contributed by atoms with Gasteiger partial charge in [0.2, 0.25) is 0 Å². The first-order valence-corrected chi connectivity index (χ1v) is 12.6. The van der Waals surface area contributed by atoms with Gasteiger partial charge < -0.3 is 25.2 Å². The van der Waals surface area contributed by atoms with E-state index < -0.39 is 0 Å². The summed E-state index contributed by atoms with van der Waals surface area (Å²) >= 11 is 6.38. The molecule has 1 aromatic heterocycles. The number of methoxy groups -OCH3 is 1. The van der Waals surface area contributed by atoms with E-state index in [9.17, 15) is 4.39 Å². The minimum Gasteiger partial charge on any atom is -0.398 e. The molecule has 7 nitrogen and oxygen atoms in total. The molecule has 2 saturated heterocycles. The average Bonchev–Trinajstić information content (AvgIpc) is 3.34. The fourth-order valence-corrected chi connectivity index (χ4v) is 4.98. The van der Waals surface area contributed by atoms with Crippen molar-refractivity contribution < 1.29 is 9.13 Å². The third kappa shape index (κ3) is 5.99. The Morgan fingerprint density at radius 3 is 2.75 bits per heavy atom. The van der Waals surface area contributed by atoms with Crippen molar-refractivity contribution in [1.82, 2.24) is 14.8 Å². The lowest BCUT2D eigenvalue weighted by Crippen LogP contribution is -2.49. The van der Waals surface area contributed by atoms with E-state index in [-0.39, 0.29) is 11.9 Å². The zero-order valence-corrected chi connectivity index (χ0v) is 21.7. The van der Waals surface area contributed by atoms with Gasteiger partial charge in [-0.2, -0.15) is 0 Å². The number of pyridine rings is 1. The molecule has 0 saturated carbocycles. The van der Waals surface area contributed by atoms with Gasteiger partial charge in [0.05, 0.1) is 17.7 Å². The molecule has 36 heavy (non-hydrogen) atoms. The Kier molecular flexibility index (Phi) is 8.48. The highest BCUT2D eigenvalue weighted by molar-refractivity contribution is 6.32. The number of anilines is 1. The standard InChI is InChI=1S/C27H34ClFN6O/c1-19-16-21(8-9-24(19)29)25(30)17-26(32-20(2)35-11-5-6-22(35)18-36-3)33-12-14-34(15-13-33)27-23(28)7-4-10-31-27/h4,7-10,16-17,22H,2,5-6,11-15,18,30H2,1,3H3/b25-17-,32-26?/t22-/m0/s1. The second kappa shape index (κ2) is 11.8. The van der Waals surface area contributed by atoms with E-state index in [0.717, 1.165) is 49.7 Å². The van der Waals surface area contributed by atoms with Gasteiger partial charge in [-0.15, -0.1) is 0 Å². The molecule has 0 aliphatic carbocycles. The molecule has 192 valence electrons. The molecule has 1 aromatic carbocycles. The van der Waals surface area contributed by atoms with Gasteiger partial charge in [0.15, 0.2) is 0 Å². The molecule has 9 heteroatoms. The van der Waals surface area contributed by atoms with Crippen LogP contribution in [0.5, 0.6) is 0 Å². The van der Waals surface area contributed by atoms with Crippen LogP contribution in [0.15, 0.2) is 60.0 Å². The van der Waals surface area contributed by atoms with Crippen LogP contribution in [-0.2, 0) is 4.74 Å². The fourth-order valence-electron chi connectivity index (χ4n) is 4.74. The van der Waals surface area contributed by atoms with Crippen LogP contribution >= 0.6 is 11.6 Å². The molecule has 4 rings (SSSR count). The number of halogens is 2. The molecule has 2 N–H and O–H groups in total. The Balaban J connectivity index is 1.59. The van der Waals surface area contributed by atoms with E-state index in [1.54, 1.807) is 32.4 Å². The molecular weight excluding hydrogens is 479 g/mol. The summed E-state index contributed by atoms with van der Waals surface area (Å²) in [5, 5.41) is 0.641. The van der Waals surface area contributed by atoms with Crippen LogP contribution in [0.1, 0.15) is 24.0 Å². The van der Waals surface area contributed by atoms with E-state index in [0.29, 0.717) is 41.8 Å². The smallest absolute Gasteiger partial charge is 0.147 e. The van der Waals surface area contributed by atoms with Gasteiger partial charge in [-0.3, -0.25) is 0 Å². The maximum absolute atomic E-state index is 13.8. The van der Waals surface area contributed by atoms with Gasteiger partial charge in [-0.1, -0.05) is 18.2 Å². The summed E-state index contributed by atoms with van der Waals surface area (Å²) in [6.07, 6.45) is 5.75. The lowest BCUT2D eigenvalue weighted by atomic mass is 10.1. The van der Waals surface area contributed by atoms with Gasteiger partial charge in [-0.05, 0) is 61.2 Å². The Morgan fingerprint density at radius 2 is 2.06 bits per heavy atom. The number of amidine groups is 1. The van der Waals surface area contributed by atoms with Gasteiger partial charge >= 0.3 is 0 Å². The highest BCUT2D eigenvalue weighted by Crippen LogP contribution is 2.25. The molecule has 1 atom stereocenters. The highest BCUT2D eigenvalue weighted by atomic mass is 35.5. The molecule has 0 unspecified atom stereocenters. The summed E-state index contributed by atoms with van der Waals surface area (Å²) in [5.74, 6) is 1.96. The number of rotatable bonds is 7. The summed E-state index contributed by atoms with van der Waals surface area (Å²) in [7, 11) is 1.72. The topological polar surface area (TPSA) is 70.2 Å². The number of likely N-dealkylation sites (tertiary alicyclic amines) is 1. The molecule has 2 fully saturated rings. The predicted molar refractivity (Wildman–Crippen MR) is 145 cm³/mol. The van der Waals surface area contributed by atoms with Crippen molar-refractivity contribution in [2.24, 2.45) is 10.7 Å². The number of nitrogens with two attached hydrogens (primary N) is 1. The molecule has 0 amide bonds. The number of benzene rings is 1. The van der Waals surface area contributed by atoms with Crippen LogP contribution in [0.2, 0.25) is 5.02 Å². The number of aromatic nitrogens is 1. The Morgan fingerprint density at radius 1 is 1.28 bits per heavy atom. The average molecular weight is 513 g/mol. The normalized spacial score (nSPS) is 19.2. The molecule has 0 bridgehead atoms. The summed E-state index contributed by atoms with van der Waals surface area (Å²) < 4.78 is 19.2. The summed E-state index contributed by atoms with van der Waals surface area (Å²) in [4.78, 5) is 16.0. The Hall–Kier alpha value is -3.10. The van der Waals surface area contributed by atoms with E-state index in [4.69, 9.17) is 27.1 Å². The van der Waals surface area contributed by atoms with Gasteiger partial charge in [0, 0.05) is 57.8 Å². The van der Waals surface area contributed by atoms with Crippen LogP contribution in [0.3, 0.4) is 0 Å². The maximum Gasteiger partial charge on any atom is 0.147 e. The Bertz CT molecular complexity index is 1140. The number of hydrogen-bond donors (Lipinski definition) is 1. The maximum atomic E-state index is 13.8. The predicted octanol–water partition coefficient (Wildman–Crippen LogP) is 4.28. The van der Waals surface area contributed by atoms with Crippen molar-refractivity contribution in [3.05, 3.63) is 77.0 Å². The van der Waals surface area contributed by atoms with Crippen molar-refractivity contribution in [2.75, 3.05) is 51.3 Å². The monoisotopic (exact) mass is 512 g/mol. The molecule has 2 aliphatic rings. The fraction of sp³-hybridized carbons (Fsp3) is 0.407. The molecular formula is C27H34ClFN6O. The number of nitrogens with zero attached hydrogens (tertiary/aromatic N) is 5. The number of piperazine rings is 1. The number of hydrogen-bond acceptors (Lipinski definition) is 6. The first-order chi connectivity index (χ1) is 17.4. The quantitative estimate of drug-likeness (QED) is 0.441. The summed E-state index contributed by atoms with van der Waals surface area (Å²) in [5.41, 5.74) is 8.32. The van der Waals surface area contributed by atoms with Crippen molar-refractivity contribution >= 4 is 29.0 Å². The van der Waals surface area contributed by atoms with Gasteiger partial charge in [0.25, 0.3) is 0 Å². The van der Waals surface area contributed by atoms with E-state index in [2.05, 4.69) is 26.3 Å². The van der Waals surface area contributed by atoms with Gasteiger partial charge in [-0.25, -0.2) is 14.4 Å². The Labute approximate surface area is 217 Å². The summed E-state index contributed by atoms with van der Waals surface area (Å²) in [6, 6.07) is 8.83. The van der Waals surface area contributed by atoms with E-state index in [1.807, 2.05) is 18.2 Å². The van der Waals surface area contributed by atoms with Crippen LogP contribution in [0.4, 0.5) is 10.2 Å². The van der Waals surface area contributed by atoms with Crippen molar-refractivity contribution in [2.45, 2.75) is 25.8 Å². The highest BCUT2D eigenvalue weighted by Gasteiger charge is 2.27. The van der Waals surface area contributed by atoms with Gasteiger partial charge in [0.1, 0.15) is 23.3 Å². The van der Waals surface area contributed by atoms with Crippen molar-refractivity contribution in [3.8, 4) is 0 Å². The first kappa shape index (κ1) is 26.0. The molecule has 2 aromatic rings. The molecule has 2 aliphatic heterocycles. The van der Waals surface area contributed by atoms with Crippen LogP contribution in [0, 0.1) is 12.7 Å². The number of ether oxygens (including phenoxy) is 1. The third-order valence-corrected chi connectivity index (χ3v) is 7.02. The minimum atomic E-state index is -0.253. The molecule has 0 radical (unpaired) electrons.